The maximum Gasteiger partial charge on any atom is 0.407 e. The lowest BCUT2D eigenvalue weighted by molar-refractivity contribution is -0.138. The monoisotopic (exact) mass is 342 g/mol. The molecule has 2 aliphatic carbocycles. The van der Waals surface area contributed by atoms with Gasteiger partial charge in [-0.25, -0.2) is 4.79 Å². The first kappa shape index (κ1) is 16.4. The van der Waals surface area contributed by atoms with Gasteiger partial charge in [0.25, 0.3) is 0 Å². The van der Waals surface area contributed by atoms with E-state index >= 15 is 0 Å². The zero-order chi connectivity index (χ0) is 17.6. The predicted molar refractivity (Wildman–Crippen MR) is 94.2 cm³/mol. The number of likely N-dealkylation sites (tertiary alicyclic amines) is 1. The molecule has 1 saturated heterocycles. The quantitative estimate of drug-likeness (QED) is 0.915. The van der Waals surface area contributed by atoms with E-state index < -0.39 is 6.09 Å². The first-order chi connectivity index (χ1) is 12.1. The van der Waals surface area contributed by atoms with Gasteiger partial charge in [0.1, 0.15) is 0 Å². The molecule has 3 aliphatic rings. The van der Waals surface area contributed by atoms with E-state index in [2.05, 4.69) is 41.2 Å². The molecular formula is C20H26N2O3. The minimum Gasteiger partial charge on any atom is -0.453 e. The Hall–Kier alpha value is -2.04. The van der Waals surface area contributed by atoms with Gasteiger partial charge in [-0.05, 0) is 48.1 Å². The molecule has 1 heterocycles. The van der Waals surface area contributed by atoms with Crippen LogP contribution in [0.25, 0.3) is 0 Å². The van der Waals surface area contributed by atoms with Gasteiger partial charge < -0.3 is 15.0 Å². The number of ether oxygens (including phenoxy) is 1. The maximum atomic E-state index is 12.6. The molecule has 2 amide bonds. The number of amides is 2. The van der Waals surface area contributed by atoms with Crippen molar-refractivity contribution in [3.05, 3.63) is 35.4 Å². The Balaban J connectivity index is 1.25. The fourth-order valence-electron chi connectivity index (χ4n) is 4.60. The molecule has 2 atom stereocenters. The average molecular weight is 342 g/mol. The molecule has 4 rings (SSSR count). The van der Waals surface area contributed by atoms with Crippen molar-refractivity contribution >= 4 is 12.0 Å². The third-order valence-electron chi connectivity index (χ3n) is 6.27. The number of piperidine rings is 1. The fourth-order valence-corrected chi connectivity index (χ4v) is 4.60. The van der Waals surface area contributed by atoms with Crippen molar-refractivity contribution in [2.24, 2.45) is 17.8 Å². The van der Waals surface area contributed by atoms with Crippen molar-refractivity contribution in [1.82, 2.24) is 10.2 Å². The predicted octanol–water partition coefficient (Wildman–Crippen LogP) is 2.56. The van der Waals surface area contributed by atoms with E-state index in [4.69, 9.17) is 0 Å². The van der Waals surface area contributed by atoms with Gasteiger partial charge in [-0.3, -0.25) is 4.79 Å². The Labute approximate surface area is 148 Å². The number of nitrogens with one attached hydrogen (secondary N) is 1. The minimum atomic E-state index is -0.407. The van der Waals surface area contributed by atoms with E-state index in [1.54, 1.807) is 0 Å². The van der Waals surface area contributed by atoms with E-state index in [-0.39, 0.29) is 17.9 Å². The second kappa shape index (κ2) is 6.36. The molecule has 0 aromatic heterocycles. The molecular weight excluding hydrogens is 316 g/mol. The van der Waals surface area contributed by atoms with Crippen LogP contribution in [0.3, 0.4) is 0 Å². The molecule has 0 radical (unpaired) electrons. The topological polar surface area (TPSA) is 58.6 Å². The summed E-state index contributed by atoms with van der Waals surface area (Å²) in [5.74, 6) is 2.27. The Morgan fingerprint density at radius 3 is 2.36 bits per heavy atom. The molecule has 0 bridgehead atoms. The maximum absolute atomic E-state index is 12.6. The third kappa shape index (κ3) is 3.00. The van der Waals surface area contributed by atoms with Crippen LogP contribution in [0, 0.1) is 17.8 Å². The number of fused-ring (bicyclic) bond motifs is 1. The SMILES string of the molecule is CCc1ccc(C2C3CN(C(=O)C4CC(NC(=O)OC)C4)CC32)cc1. The second-order valence-corrected chi connectivity index (χ2v) is 7.69. The lowest BCUT2D eigenvalue weighted by atomic mass is 9.79. The highest BCUT2D eigenvalue weighted by Crippen LogP contribution is 2.58. The van der Waals surface area contributed by atoms with Gasteiger partial charge in [-0.15, -0.1) is 0 Å². The third-order valence-corrected chi connectivity index (χ3v) is 6.27. The van der Waals surface area contributed by atoms with Crippen molar-refractivity contribution in [3.63, 3.8) is 0 Å². The summed E-state index contributed by atoms with van der Waals surface area (Å²) in [4.78, 5) is 25.8. The number of rotatable bonds is 4. The first-order valence-corrected chi connectivity index (χ1v) is 9.32. The molecule has 3 fully saturated rings. The van der Waals surface area contributed by atoms with E-state index in [9.17, 15) is 9.59 Å². The molecule has 1 aromatic rings. The number of aryl methyl sites for hydroxylation is 1. The van der Waals surface area contributed by atoms with Crippen molar-refractivity contribution in [2.75, 3.05) is 20.2 Å². The number of nitrogens with zero attached hydrogens (tertiary/aromatic N) is 1. The van der Waals surface area contributed by atoms with E-state index in [1.807, 2.05) is 4.90 Å². The van der Waals surface area contributed by atoms with Gasteiger partial charge in [0.15, 0.2) is 0 Å². The van der Waals surface area contributed by atoms with Crippen LogP contribution >= 0.6 is 0 Å². The van der Waals surface area contributed by atoms with Crippen LogP contribution < -0.4 is 5.32 Å². The second-order valence-electron chi connectivity index (χ2n) is 7.69. The van der Waals surface area contributed by atoms with Crippen LogP contribution in [-0.2, 0) is 16.0 Å². The van der Waals surface area contributed by atoms with Crippen molar-refractivity contribution < 1.29 is 14.3 Å². The highest BCUT2D eigenvalue weighted by Gasteiger charge is 2.57. The summed E-state index contributed by atoms with van der Waals surface area (Å²) in [5.41, 5.74) is 2.82. The molecule has 25 heavy (non-hydrogen) atoms. The lowest BCUT2D eigenvalue weighted by Gasteiger charge is -2.37. The van der Waals surface area contributed by atoms with Gasteiger partial charge in [-0.2, -0.15) is 0 Å². The zero-order valence-electron chi connectivity index (χ0n) is 14.9. The number of hydrogen-bond acceptors (Lipinski definition) is 3. The summed E-state index contributed by atoms with van der Waals surface area (Å²) in [7, 11) is 1.36. The number of benzene rings is 1. The van der Waals surface area contributed by atoms with Crippen LogP contribution in [0.5, 0.6) is 0 Å². The summed E-state index contributed by atoms with van der Waals surface area (Å²) >= 11 is 0. The number of carbonyl (C=O) groups excluding carboxylic acids is 2. The van der Waals surface area contributed by atoms with Crippen LogP contribution in [0.15, 0.2) is 24.3 Å². The van der Waals surface area contributed by atoms with Crippen LogP contribution in [0.4, 0.5) is 4.79 Å². The van der Waals surface area contributed by atoms with Gasteiger partial charge in [-0.1, -0.05) is 31.2 Å². The van der Waals surface area contributed by atoms with Crippen molar-refractivity contribution in [2.45, 2.75) is 38.1 Å². The fraction of sp³-hybridized carbons (Fsp3) is 0.600. The Morgan fingerprint density at radius 2 is 1.80 bits per heavy atom. The lowest BCUT2D eigenvalue weighted by Crippen LogP contribution is -2.50. The molecule has 2 saturated carbocycles. The number of carbonyl (C=O) groups is 2. The smallest absolute Gasteiger partial charge is 0.407 e. The Kier molecular flexibility index (Phi) is 4.18. The molecule has 2 unspecified atom stereocenters. The van der Waals surface area contributed by atoms with Crippen molar-refractivity contribution in [3.8, 4) is 0 Å². The van der Waals surface area contributed by atoms with Crippen LogP contribution in [-0.4, -0.2) is 43.1 Å². The summed E-state index contributed by atoms with van der Waals surface area (Å²) < 4.78 is 4.59. The average Bonchev–Trinajstić information content (AvgIpc) is 3.10. The summed E-state index contributed by atoms with van der Waals surface area (Å²) in [5, 5.41) is 2.76. The Morgan fingerprint density at radius 1 is 1.16 bits per heavy atom. The molecule has 134 valence electrons. The van der Waals surface area contributed by atoms with Crippen LogP contribution in [0.1, 0.15) is 36.8 Å². The minimum absolute atomic E-state index is 0.0712. The molecule has 1 N–H and O–H groups in total. The van der Waals surface area contributed by atoms with Gasteiger partial charge in [0.2, 0.25) is 5.91 Å². The largest absolute Gasteiger partial charge is 0.453 e. The van der Waals surface area contributed by atoms with Gasteiger partial charge >= 0.3 is 6.09 Å². The van der Waals surface area contributed by atoms with E-state index in [0.717, 1.165) is 32.4 Å². The zero-order valence-corrected chi connectivity index (χ0v) is 14.9. The first-order valence-electron chi connectivity index (χ1n) is 9.32. The molecule has 1 aromatic carbocycles. The summed E-state index contributed by atoms with van der Waals surface area (Å²) in [6.07, 6.45) is 2.15. The molecule has 0 spiro atoms. The standard InChI is InChI=1S/C20H26N2O3/c1-3-12-4-6-13(7-5-12)18-16-10-22(11-17(16)18)19(23)14-8-15(9-14)21-20(24)25-2/h4-7,14-18H,3,8-11H2,1-2H3,(H,21,24). The summed E-state index contributed by atoms with van der Waals surface area (Å²) in [6, 6.07) is 9.08. The molecule has 1 aliphatic heterocycles. The van der Waals surface area contributed by atoms with Gasteiger partial charge in [0.05, 0.1) is 7.11 Å². The summed E-state index contributed by atoms with van der Waals surface area (Å²) in [6.45, 7) is 3.97. The van der Waals surface area contributed by atoms with E-state index in [1.165, 1.54) is 18.2 Å². The Bertz CT molecular complexity index is 654. The molecule has 5 heteroatoms. The number of hydrogen-bond donors (Lipinski definition) is 1. The number of alkyl carbamates (subject to hydrolysis) is 1. The normalized spacial score (nSPS) is 32.6. The van der Waals surface area contributed by atoms with Crippen molar-refractivity contribution in [1.29, 1.82) is 0 Å². The van der Waals surface area contributed by atoms with Gasteiger partial charge in [0, 0.05) is 25.0 Å². The molecule has 5 nitrogen and oxygen atoms in total. The van der Waals surface area contributed by atoms with E-state index in [0.29, 0.717) is 17.8 Å². The highest BCUT2D eigenvalue weighted by molar-refractivity contribution is 5.81. The van der Waals surface area contributed by atoms with Crippen LogP contribution in [0.2, 0.25) is 0 Å². The number of methoxy groups -OCH3 is 1. The highest BCUT2D eigenvalue weighted by atomic mass is 16.5.